The maximum absolute atomic E-state index is 8.19. The van der Waals surface area contributed by atoms with E-state index in [-0.39, 0.29) is 0 Å². The predicted molar refractivity (Wildman–Crippen MR) is 60.1 cm³/mol. The molecule has 0 N–H and O–H groups in total. The Morgan fingerprint density at radius 3 is 1.24 bits per heavy atom. The Balaban J connectivity index is 0. The molecule has 1 nitrogen and oxygen atoms in total. The summed E-state index contributed by atoms with van der Waals surface area (Å²) in [4.78, 5) is 0. The van der Waals surface area contributed by atoms with E-state index in [9.17, 15) is 0 Å². The van der Waals surface area contributed by atoms with Gasteiger partial charge < -0.3 is 6.42 Å². The molecule has 0 bridgehead atoms. The second-order valence-corrected chi connectivity index (χ2v) is 1.75. The molecule has 0 aromatic carbocycles. The fourth-order valence-electron chi connectivity index (χ4n) is 0.375. The Kier molecular flexibility index (Phi) is 18.7. The summed E-state index contributed by atoms with van der Waals surface area (Å²) in [5, 5.41) is 0. The molecular weight excluding hydrogens is 247 g/mol. The Bertz CT molecular complexity index is 639. The van der Waals surface area contributed by atoms with Crippen molar-refractivity contribution >= 4 is 0 Å². The summed E-state index contributed by atoms with van der Waals surface area (Å²) in [7, 11) is 0. The molecule has 17 heavy (non-hydrogen) atoms. The summed E-state index contributed by atoms with van der Waals surface area (Å²) in [6.07, 6.45) is 6.45. The van der Waals surface area contributed by atoms with Crippen LogP contribution in [0.5, 0.6) is 0 Å². The van der Waals surface area contributed by atoms with E-state index >= 15 is 0 Å². The van der Waals surface area contributed by atoms with Crippen LogP contribution in [0.3, 0.4) is 0 Å². The van der Waals surface area contributed by atoms with Crippen LogP contribution in [-0.2, 0) is 21.0 Å². The topological polar surface area (TPSA) is 17.1 Å². The van der Waals surface area contributed by atoms with Crippen LogP contribution in [0, 0.1) is 83.4 Å². The van der Waals surface area contributed by atoms with Crippen LogP contribution in [0.2, 0.25) is 0 Å². The first-order valence-corrected chi connectivity index (χ1v) is 4.50. The van der Waals surface area contributed by atoms with Crippen LogP contribution in [-0.4, -0.2) is 0 Å². The van der Waals surface area contributed by atoms with E-state index < -0.39 is 0 Å². The van der Waals surface area contributed by atoms with Gasteiger partial charge in [0.15, 0.2) is 0 Å². The molecule has 0 aliphatic rings. The molecule has 0 heterocycles. The molecule has 2 heteroatoms. The maximum atomic E-state index is 8.19. The zero-order valence-electron chi connectivity index (χ0n) is 8.86. The van der Waals surface area contributed by atoms with Crippen LogP contribution in [0.25, 0.3) is 0 Å². The van der Waals surface area contributed by atoms with Crippen molar-refractivity contribution in [1.29, 1.82) is 0 Å². The molecule has 0 spiro atoms. The average Bonchev–Trinajstić information content (AvgIpc) is 2.38. The summed E-state index contributed by atoms with van der Waals surface area (Å²) in [6, 6.07) is 0. The summed E-state index contributed by atoms with van der Waals surface area (Å²) < 4.78 is 8.19. The molecule has 75 valence electrons. The van der Waals surface area contributed by atoms with Gasteiger partial charge in [0.1, 0.15) is 0 Å². The SMILES string of the molecule is [C-]#CC#CC#CC#CC#CC#CC#CC.[O]=[V]. The monoisotopic (exact) mass is 250 g/mol. The van der Waals surface area contributed by atoms with Crippen LogP contribution in [0.15, 0.2) is 0 Å². The third-order valence-corrected chi connectivity index (χ3v) is 0.812. The van der Waals surface area contributed by atoms with E-state index in [4.69, 9.17) is 10.1 Å². The summed E-state index contributed by atoms with van der Waals surface area (Å²) in [6.45, 7) is 1.70. The number of rotatable bonds is 0. The van der Waals surface area contributed by atoms with E-state index in [0.717, 1.165) is 17.4 Å². The molecule has 0 fully saturated rings. The number of hydrogen-bond acceptors (Lipinski definition) is 1. The Labute approximate surface area is 111 Å². The predicted octanol–water partition coefficient (Wildman–Crippen LogP) is 0.495. The molecule has 0 unspecified atom stereocenters. The first kappa shape index (κ1) is 16.7. The van der Waals surface area contributed by atoms with E-state index in [2.05, 4.69) is 71.0 Å². The van der Waals surface area contributed by atoms with Crippen molar-refractivity contribution < 1.29 is 21.0 Å². The molecule has 0 saturated heterocycles. The quantitative estimate of drug-likeness (QED) is 0.452. The van der Waals surface area contributed by atoms with Gasteiger partial charge in [0.2, 0.25) is 0 Å². The summed E-state index contributed by atoms with van der Waals surface area (Å²) >= 11 is 1.06. The first-order chi connectivity index (χ1) is 8.41. The van der Waals surface area contributed by atoms with E-state index in [1.165, 1.54) is 0 Å². The fraction of sp³-hybridized carbons (Fsp3) is 0.0667. The zero-order chi connectivity index (χ0) is 13.2. The molecule has 0 rings (SSSR count). The molecule has 0 aromatic heterocycles. The van der Waals surface area contributed by atoms with Gasteiger partial charge in [-0.2, -0.15) is 0 Å². The van der Waals surface area contributed by atoms with Gasteiger partial charge in [-0.05, 0) is 60.2 Å². The van der Waals surface area contributed by atoms with Gasteiger partial charge in [-0.1, -0.05) is 5.92 Å². The Hall–Kier alpha value is -2.70. The molecular formula is C15H3OV-. The minimum atomic E-state index is 1.06. The van der Waals surface area contributed by atoms with Gasteiger partial charge >= 0.3 is 21.0 Å². The molecule has 0 amide bonds. The van der Waals surface area contributed by atoms with E-state index in [1.54, 1.807) is 6.92 Å². The van der Waals surface area contributed by atoms with Crippen molar-refractivity contribution in [2.45, 2.75) is 6.92 Å². The third kappa shape index (κ3) is 19.6. The standard InChI is InChI=1S/C15H3.O.V/c1-3-5-7-9-11-13-15-14-12-10-8-6-4-2;;/h1H3;;/q-1;;. The number of hydrogen-bond donors (Lipinski definition) is 0. The van der Waals surface area contributed by atoms with Crippen molar-refractivity contribution in [1.82, 2.24) is 0 Å². The van der Waals surface area contributed by atoms with Crippen LogP contribution >= 0.6 is 0 Å². The molecule has 0 aliphatic heterocycles. The second-order valence-electron chi connectivity index (χ2n) is 1.75. The molecule has 0 saturated carbocycles. The van der Waals surface area contributed by atoms with Crippen LogP contribution in [0.1, 0.15) is 6.92 Å². The van der Waals surface area contributed by atoms with Gasteiger partial charge in [-0.25, -0.2) is 5.92 Å². The summed E-state index contributed by atoms with van der Waals surface area (Å²) in [5.74, 6) is 31.3. The molecule has 0 aliphatic carbocycles. The van der Waals surface area contributed by atoms with Crippen LogP contribution < -0.4 is 0 Å². The van der Waals surface area contributed by atoms with Crippen molar-refractivity contribution in [3.05, 3.63) is 6.42 Å². The van der Waals surface area contributed by atoms with Crippen molar-refractivity contribution in [3.8, 4) is 77.0 Å². The van der Waals surface area contributed by atoms with Gasteiger partial charge in [-0.15, -0.1) is 5.92 Å². The van der Waals surface area contributed by atoms with Gasteiger partial charge in [-0.3, -0.25) is 5.92 Å². The second kappa shape index (κ2) is 19.0. The van der Waals surface area contributed by atoms with Gasteiger partial charge in [0.05, 0.1) is 0 Å². The first-order valence-electron chi connectivity index (χ1n) is 3.93. The van der Waals surface area contributed by atoms with Gasteiger partial charge in [0.25, 0.3) is 0 Å². The van der Waals surface area contributed by atoms with E-state index in [0.29, 0.717) is 0 Å². The molecule has 0 atom stereocenters. The minimum absolute atomic E-state index is 1.06. The van der Waals surface area contributed by atoms with Gasteiger partial charge in [0, 0.05) is 0 Å². The third-order valence-electron chi connectivity index (χ3n) is 0.812. The van der Waals surface area contributed by atoms with E-state index in [1.807, 2.05) is 5.92 Å². The zero-order valence-corrected chi connectivity index (χ0v) is 10.3. The molecule has 0 aromatic rings. The van der Waals surface area contributed by atoms with Crippen molar-refractivity contribution in [2.24, 2.45) is 0 Å². The normalized spacial score (nSPS) is 3.47. The fourth-order valence-corrected chi connectivity index (χ4v) is 0.375. The Morgan fingerprint density at radius 1 is 0.647 bits per heavy atom. The average molecular weight is 250 g/mol. The summed E-state index contributed by atoms with van der Waals surface area (Å²) in [5.41, 5.74) is 0. The van der Waals surface area contributed by atoms with Crippen molar-refractivity contribution in [3.63, 3.8) is 0 Å². The van der Waals surface area contributed by atoms with Crippen molar-refractivity contribution in [2.75, 3.05) is 0 Å². The van der Waals surface area contributed by atoms with Crippen LogP contribution in [0.4, 0.5) is 0 Å². The molecule has 0 radical (unpaired) electrons. The Morgan fingerprint density at radius 2 is 0.941 bits per heavy atom.